The molecule has 2 nitrogen and oxygen atoms in total. The standard InChI is InChI=1S/C8H10Cl2N2/c9-11-5-7-3-1-2-4-8(7)6-12-10/h1-4,11-12H,5-6H2. The van der Waals surface area contributed by atoms with Crippen LogP contribution in [0.1, 0.15) is 11.1 Å². The van der Waals surface area contributed by atoms with E-state index in [4.69, 9.17) is 23.6 Å². The third-order valence-corrected chi connectivity index (χ3v) is 1.90. The van der Waals surface area contributed by atoms with E-state index in [1.54, 1.807) is 0 Å². The molecule has 0 atom stereocenters. The minimum atomic E-state index is 0.649. The Balaban J connectivity index is 2.77. The summed E-state index contributed by atoms with van der Waals surface area (Å²) in [6.07, 6.45) is 0. The molecule has 0 saturated carbocycles. The van der Waals surface area contributed by atoms with Gasteiger partial charge in [0.2, 0.25) is 0 Å². The first kappa shape index (κ1) is 9.81. The Morgan fingerprint density at radius 2 is 1.33 bits per heavy atom. The second-order valence-electron chi connectivity index (χ2n) is 2.39. The highest BCUT2D eigenvalue weighted by Gasteiger charge is 1.98. The van der Waals surface area contributed by atoms with Crippen LogP contribution in [0.25, 0.3) is 0 Å². The summed E-state index contributed by atoms with van der Waals surface area (Å²) in [4.78, 5) is 5.17. The van der Waals surface area contributed by atoms with Crippen LogP contribution in [0.5, 0.6) is 0 Å². The third kappa shape index (κ3) is 2.64. The van der Waals surface area contributed by atoms with Crippen LogP contribution in [0.3, 0.4) is 0 Å². The van der Waals surface area contributed by atoms with Gasteiger partial charge in [0.25, 0.3) is 0 Å². The van der Waals surface area contributed by atoms with Crippen molar-refractivity contribution in [2.45, 2.75) is 13.1 Å². The van der Waals surface area contributed by atoms with Gasteiger partial charge in [-0.2, -0.15) is 0 Å². The molecule has 0 aliphatic carbocycles. The molecule has 0 amide bonds. The van der Waals surface area contributed by atoms with Crippen molar-refractivity contribution in [2.75, 3.05) is 0 Å². The zero-order chi connectivity index (χ0) is 8.81. The lowest BCUT2D eigenvalue weighted by Crippen LogP contribution is -2.06. The molecule has 0 bridgehead atoms. The molecule has 0 heterocycles. The van der Waals surface area contributed by atoms with Crippen LogP contribution in [0.15, 0.2) is 24.3 Å². The second kappa shape index (κ2) is 5.38. The van der Waals surface area contributed by atoms with E-state index >= 15 is 0 Å². The van der Waals surface area contributed by atoms with E-state index in [1.165, 1.54) is 0 Å². The molecular formula is C8H10Cl2N2. The summed E-state index contributed by atoms with van der Waals surface area (Å²) in [6.45, 7) is 1.30. The van der Waals surface area contributed by atoms with E-state index in [9.17, 15) is 0 Å². The molecule has 0 unspecified atom stereocenters. The fraction of sp³-hybridized carbons (Fsp3) is 0.250. The molecule has 0 spiro atoms. The van der Waals surface area contributed by atoms with Gasteiger partial charge in [-0.05, 0) is 34.7 Å². The van der Waals surface area contributed by atoms with Crippen molar-refractivity contribution in [1.82, 2.24) is 9.67 Å². The number of benzene rings is 1. The molecule has 1 aromatic carbocycles. The SMILES string of the molecule is ClNCc1ccccc1CNCl. The Labute approximate surface area is 82.1 Å². The van der Waals surface area contributed by atoms with Crippen molar-refractivity contribution >= 4 is 23.6 Å². The number of halogens is 2. The van der Waals surface area contributed by atoms with Gasteiger partial charge in [-0.15, -0.1) is 0 Å². The number of rotatable bonds is 4. The maximum Gasteiger partial charge on any atom is 0.0362 e. The highest BCUT2D eigenvalue weighted by Crippen LogP contribution is 2.08. The van der Waals surface area contributed by atoms with Gasteiger partial charge in [-0.25, -0.2) is 9.67 Å². The second-order valence-corrected chi connectivity index (χ2v) is 2.92. The van der Waals surface area contributed by atoms with Crippen molar-refractivity contribution < 1.29 is 0 Å². The maximum absolute atomic E-state index is 5.40. The van der Waals surface area contributed by atoms with Gasteiger partial charge in [-0.3, -0.25) is 0 Å². The smallest absolute Gasteiger partial charge is 0.0362 e. The molecule has 0 aliphatic heterocycles. The zero-order valence-electron chi connectivity index (χ0n) is 6.48. The average Bonchev–Trinajstić information content (AvgIpc) is 2.09. The highest BCUT2D eigenvalue weighted by atomic mass is 35.5. The van der Waals surface area contributed by atoms with Crippen LogP contribution < -0.4 is 9.67 Å². The van der Waals surface area contributed by atoms with Crippen LogP contribution in [0, 0.1) is 0 Å². The Bertz CT molecular complexity index is 215. The molecule has 4 heteroatoms. The molecule has 0 radical (unpaired) electrons. The van der Waals surface area contributed by atoms with E-state index < -0.39 is 0 Å². The van der Waals surface area contributed by atoms with E-state index in [1.807, 2.05) is 24.3 Å². The molecule has 0 aliphatic rings. The van der Waals surface area contributed by atoms with Crippen LogP contribution in [-0.4, -0.2) is 0 Å². The molecular weight excluding hydrogens is 195 g/mol. The quantitative estimate of drug-likeness (QED) is 0.736. The van der Waals surface area contributed by atoms with Gasteiger partial charge < -0.3 is 0 Å². The predicted octanol–water partition coefficient (Wildman–Crippen LogP) is 2.17. The molecule has 1 aromatic rings. The summed E-state index contributed by atoms with van der Waals surface area (Å²) in [5.74, 6) is 0. The minimum absolute atomic E-state index is 0.649. The fourth-order valence-corrected chi connectivity index (χ4v) is 1.33. The predicted molar refractivity (Wildman–Crippen MR) is 51.8 cm³/mol. The molecule has 0 aromatic heterocycles. The Morgan fingerprint density at radius 1 is 0.917 bits per heavy atom. The lowest BCUT2D eigenvalue weighted by Gasteiger charge is -2.05. The van der Waals surface area contributed by atoms with Crippen molar-refractivity contribution in [3.8, 4) is 0 Å². The van der Waals surface area contributed by atoms with E-state index in [0.29, 0.717) is 13.1 Å². The van der Waals surface area contributed by atoms with Gasteiger partial charge in [0, 0.05) is 13.1 Å². The number of nitrogens with one attached hydrogen (secondary N) is 2. The van der Waals surface area contributed by atoms with Crippen LogP contribution in [0.2, 0.25) is 0 Å². The topological polar surface area (TPSA) is 24.1 Å². The molecule has 0 fully saturated rings. The Morgan fingerprint density at radius 3 is 1.67 bits per heavy atom. The van der Waals surface area contributed by atoms with Crippen LogP contribution in [-0.2, 0) is 13.1 Å². The lowest BCUT2D eigenvalue weighted by molar-refractivity contribution is 0.890. The van der Waals surface area contributed by atoms with Gasteiger partial charge >= 0.3 is 0 Å². The van der Waals surface area contributed by atoms with Crippen molar-refractivity contribution in [3.05, 3.63) is 35.4 Å². The first-order valence-electron chi connectivity index (χ1n) is 3.62. The summed E-state index contributed by atoms with van der Waals surface area (Å²) in [7, 11) is 0. The first-order chi connectivity index (χ1) is 5.88. The maximum atomic E-state index is 5.40. The van der Waals surface area contributed by atoms with Crippen LogP contribution >= 0.6 is 23.6 Å². The Hall–Kier alpha value is -0.280. The Kier molecular flexibility index (Phi) is 4.40. The molecule has 66 valence electrons. The van der Waals surface area contributed by atoms with E-state index in [0.717, 1.165) is 11.1 Å². The van der Waals surface area contributed by atoms with Crippen molar-refractivity contribution in [1.29, 1.82) is 0 Å². The van der Waals surface area contributed by atoms with Gasteiger partial charge in [-0.1, -0.05) is 24.3 Å². The fourth-order valence-electron chi connectivity index (χ4n) is 1.05. The number of hydrogen-bond donors (Lipinski definition) is 2. The summed E-state index contributed by atoms with van der Waals surface area (Å²) >= 11 is 10.8. The molecule has 2 N–H and O–H groups in total. The first-order valence-corrected chi connectivity index (χ1v) is 4.38. The lowest BCUT2D eigenvalue weighted by atomic mass is 10.1. The normalized spacial score (nSPS) is 10.2. The zero-order valence-corrected chi connectivity index (χ0v) is 7.99. The van der Waals surface area contributed by atoms with E-state index in [2.05, 4.69) is 9.67 Å². The van der Waals surface area contributed by atoms with Gasteiger partial charge in [0.05, 0.1) is 0 Å². The van der Waals surface area contributed by atoms with Crippen LogP contribution in [0.4, 0.5) is 0 Å². The summed E-state index contributed by atoms with van der Waals surface area (Å²) in [5, 5.41) is 0. The average molecular weight is 205 g/mol. The monoisotopic (exact) mass is 204 g/mol. The number of hydrogen-bond acceptors (Lipinski definition) is 2. The largest absolute Gasteiger partial charge is 0.229 e. The van der Waals surface area contributed by atoms with Gasteiger partial charge in [0.1, 0.15) is 0 Å². The van der Waals surface area contributed by atoms with Crippen molar-refractivity contribution in [3.63, 3.8) is 0 Å². The highest BCUT2D eigenvalue weighted by molar-refractivity contribution is 6.13. The van der Waals surface area contributed by atoms with E-state index in [-0.39, 0.29) is 0 Å². The minimum Gasteiger partial charge on any atom is -0.229 e. The molecule has 0 saturated heterocycles. The third-order valence-electron chi connectivity index (χ3n) is 1.63. The van der Waals surface area contributed by atoms with Gasteiger partial charge in [0.15, 0.2) is 0 Å². The molecule has 12 heavy (non-hydrogen) atoms. The van der Waals surface area contributed by atoms with Crippen molar-refractivity contribution in [2.24, 2.45) is 0 Å². The summed E-state index contributed by atoms with van der Waals surface area (Å²) < 4.78 is 0. The summed E-state index contributed by atoms with van der Waals surface area (Å²) in [6, 6.07) is 7.97. The summed E-state index contributed by atoms with van der Waals surface area (Å²) in [5.41, 5.74) is 2.31. The molecule has 1 rings (SSSR count).